The Hall–Kier alpha value is -2.87. The van der Waals surface area contributed by atoms with Crippen molar-refractivity contribution in [3.05, 3.63) is 58.7 Å². The summed E-state index contributed by atoms with van der Waals surface area (Å²) in [4.78, 5) is 29.5. The molecule has 1 N–H and O–H groups in total. The molecule has 1 aromatic carbocycles. The molecule has 31 heavy (non-hydrogen) atoms. The molecule has 2 aromatic heterocycles. The average Bonchev–Trinajstić information content (AvgIpc) is 3.15. The van der Waals surface area contributed by atoms with Crippen LogP contribution < -0.4 is 5.32 Å². The minimum Gasteiger partial charge on any atom is -0.352 e. The van der Waals surface area contributed by atoms with E-state index >= 15 is 0 Å². The Morgan fingerprint density at radius 3 is 2.65 bits per heavy atom. The first kappa shape index (κ1) is 21.4. The number of piperidine rings is 1. The van der Waals surface area contributed by atoms with Crippen molar-refractivity contribution in [3.8, 4) is 10.4 Å². The molecular weight excluding hydrogens is 413 g/mol. The summed E-state index contributed by atoms with van der Waals surface area (Å²) in [5, 5.41) is 4.11. The van der Waals surface area contributed by atoms with Crippen LogP contribution in [0.2, 0.25) is 0 Å². The van der Waals surface area contributed by atoms with E-state index in [1.807, 2.05) is 18.7 Å². The molecule has 1 saturated heterocycles. The molecule has 0 aliphatic carbocycles. The van der Waals surface area contributed by atoms with Crippen molar-refractivity contribution in [1.29, 1.82) is 0 Å². The zero-order chi connectivity index (χ0) is 22.0. The molecule has 2 unspecified atom stereocenters. The Balaban J connectivity index is 1.58. The Morgan fingerprint density at radius 1 is 1.23 bits per heavy atom. The molecule has 0 bridgehead atoms. The van der Waals surface area contributed by atoms with Crippen LogP contribution in [0.1, 0.15) is 40.8 Å². The largest absolute Gasteiger partial charge is 0.352 e. The molecule has 1 aliphatic rings. The number of aromatic nitrogens is 3. The molecule has 0 radical (unpaired) electrons. The van der Waals surface area contributed by atoms with Crippen molar-refractivity contribution in [2.24, 2.45) is 5.92 Å². The number of anilines is 1. The van der Waals surface area contributed by atoms with Gasteiger partial charge in [0.1, 0.15) is 11.5 Å². The number of hydrogen-bond donors (Lipinski definition) is 1. The van der Waals surface area contributed by atoms with Crippen LogP contribution in [-0.2, 0) is 0 Å². The second-order valence-electron chi connectivity index (χ2n) is 8.07. The number of hydrogen-bond acceptors (Lipinski definition) is 6. The highest BCUT2D eigenvalue weighted by atomic mass is 32.1. The van der Waals surface area contributed by atoms with Gasteiger partial charge in [-0.25, -0.2) is 19.3 Å². The molecule has 3 heterocycles. The topological polar surface area (TPSA) is 71.0 Å². The van der Waals surface area contributed by atoms with Gasteiger partial charge in [-0.3, -0.25) is 4.79 Å². The fourth-order valence-corrected chi connectivity index (χ4v) is 4.91. The van der Waals surface area contributed by atoms with Crippen LogP contribution in [0.15, 0.2) is 36.7 Å². The van der Waals surface area contributed by atoms with Gasteiger partial charge in [0, 0.05) is 25.5 Å². The quantitative estimate of drug-likeness (QED) is 0.623. The van der Waals surface area contributed by atoms with Crippen molar-refractivity contribution in [2.45, 2.75) is 39.7 Å². The SMILES string of the molecule is Cc1cnc(NCC2C(C)CCCN2C(=O)c2nc(C)sc2-c2ccc(F)cc2)nc1. The molecule has 162 valence electrons. The van der Waals surface area contributed by atoms with Crippen molar-refractivity contribution in [1.82, 2.24) is 19.9 Å². The van der Waals surface area contributed by atoms with E-state index in [1.165, 1.54) is 23.5 Å². The van der Waals surface area contributed by atoms with Crippen LogP contribution >= 0.6 is 11.3 Å². The highest BCUT2D eigenvalue weighted by molar-refractivity contribution is 7.15. The fraction of sp³-hybridized carbons (Fsp3) is 0.391. The van der Waals surface area contributed by atoms with E-state index in [4.69, 9.17) is 0 Å². The summed E-state index contributed by atoms with van der Waals surface area (Å²) in [6.07, 6.45) is 5.57. The lowest BCUT2D eigenvalue weighted by Crippen LogP contribution is -2.51. The Bertz CT molecular complexity index is 1050. The number of carbonyl (C=O) groups excluding carboxylic acids is 1. The molecule has 2 atom stereocenters. The van der Waals surface area contributed by atoms with Gasteiger partial charge in [-0.15, -0.1) is 11.3 Å². The van der Waals surface area contributed by atoms with Gasteiger partial charge in [-0.1, -0.05) is 19.1 Å². The Labute approximate surface area is 185 Å². The number of nitrogens with zero attached hydrogens (tertiary/aromatic N) is 4. The predicted molar refractivity (Wildman–Crippen MR) is 121 cm³/mol. The number of thiazole rings is 1. The van der Waals surface area contributed by atoms with Crippen molar-refractivity contribution in [2.75, 3.05) is 18.4 Å². The highest BCUT2D eigenvalue weighted by Gasteiger charge is 2.34. The molecule has 1 aliphatic heterocycles. The normalized spacial score (nSPS) is 18.8. The second-order valence-corrected chi connectivity index (χ2v) is 9.27. The number of nitrogens with one attached hydrogen (secondary N) is 1. The number of likely N-dealkylation sites (tertiary alicyclic amines) is 1. The number of halogens is 1. The molecule has 0 spiro atoms. The zero-order valence-electron chi connectivity index (χ0n) is 17.9. The Morgan fingerprint density at radius 2 is 1.94 bits per heavy atom. The fourth-order valence-electron chi connectivity index (χ4n) is 4.00. The summed E-state index contributed by atoms with van der Waals surface area (Å²) in [6, 6.07) is 6.23. The van der Waals surface area contributed by atoms with Crippen LogP contribution in [-0.4, -0.2) is 44.9 Å². The summed E-state index contributed by atoms with van der Waals surface area (Å²) >= 11 is 1.46. The third-order valence-electron chi connectivity index (χ3n) is 5.67. The zero-order valence-corrected chi connectivity index (χ0v) is 18.7. The summed E-state index contributed by atoms with van der Waals surface area (Å²) in [6.45, 7) is 7.27. The number of benzene rings is 1. The first-order chi connectivity index (χ1) is 14.9. The molecule has 1 amide bonds. The van der Waals surface area contributed by atoms with Crippen LogP contribution in [0.5, 0.6) is 0 Å². The van der Waals surface area contributed by atoms with Gasteiger partial charge in [-0.2, -0.15) is 0 Å². The maximum absolute atomic E-state index is 13.6. The highest BCUT2D eigenvalue weighted by Crippen LogP contribution is 2.33. The van der Waals surface area contributed by atoms with Gasteiger partial charge in [0.2, 0.25) is 5.95 Å². The van der Waals surface area contributed by atoms with Crippen LogP contribution in [0.4, 0.5) is 10.3 Å². The molecule has 3 aromatic rings. The van der Waals surface area contributed by atoms with Crippen LogP contribution in [0.3, 0.4) is 0 Å². The second kappa shape index (κ2) is 9.09. The van der Waals surface area contributed by atoms with Crippen molar-refractivity contribution in [3.63, 3.8) is 0 Å². The lowest BCUT2D eigenvalue weighted by atomic mass is 9.90. The third-order valence-corrected chi connectivity index (χ3v) is 6.69. The number of rotatable bonds is 5. The maximum Gasteiger partial charge on any atom is 0.274 e. The summed E-state index contributed by atoms with van der Waals surface area (Å²) < 4.78 is 13.4. The van der Waals surface area contributed by atoms with E-state index < -0.39 is 0 Å². The molecule has 1 fully saturated rings. The molecule has 4 rings (SSSR count). The van der Waals surface area contributed by atoms with Crippen LogP contribution in [0, 0.1) is 25.6 Å². The number of carbonyl (C=O) groups is 1. The van der Waals surface area contributed by atoms with Gasteiger partial charge in [0.05, 0.1) is 15.9 Å². The summed E-state index contributed by atoms with van der Waals surface area (Å²) in [5.41, 5.74) is 2.25. The van der Waals surface area contributed by atoms with E-state index in [9.17, 15) is 9.18 Å². The Kier molecular flexibility index (Phi) is 6.27. The number of aryl methyl sites for hydroxylation is 2. The monoisotopic (exact) mass is 439 g/mol. The molecule has 8 heteroatoms. The first-order valence-corrected chi connectivity index (χ1v) is 11.3. The standard InChI is InChI=1S/C23H26FN5OS/c1-14-11-25-23(26-12-14)27-13-19-15(2)5-4-10-29(19)22(30)20-21(31-16(3)28-20)17-6-8-18(24)9-7-17/h6-9,11-12,15,19H,4-5,10,13H2,1-3H3,(H,25,26,27). The minimum absolute atomic E-state index is 0.00854. The van der Waals surface area contributed by atoms with E-state index in [2.05, 4.69) is 27.2 Å². The maximum atomic E-state index is 13.6. The average molecular weight is 440 g/mol. The van der Waals surface area contributed by atoms with Crippen LogP contribution in [0.25, 0.3) is 10.4 Å². The lowest BCUT2D eigenvalue weighted by molar-refractivity contribution is 0.0535. The van der Waals surface area contributed by atoms with Gasteiger partial charge in [-0.05, 0) is 55.9 Å². The van der Waals surface area contributed by atoms with E-state index in [1.54, 1.807) is 24.5 Å². The van der Waals surface area contributed by atoms with Gasteiger partial charge >= 0.3 is 0 Å². The minimum atomic E-state index is -0.299. The van der Waals surface area contributed by atoms with E-state index in [-0.39, 0.29) is 17.8 Å². The summed E-state index contributed by atoms with van der Waals surface area (Å²) in [7, 11) is 0. The van der Waals surface area contributed by atoms with Gasteiger partial charge < -0.3 is 10.2 Å². The number of amides is 1. The molecule has 6 nitrogen and oxygen atoms in total. The smallest absolute Gasteiger partial charge is 0.274 e. The summed E-state index contributed by atoms with van der Waals surface area (Å²) in [5.74, 6) is 0.524. The van der Waals surface area contributed by atoms with Crippen molar-refractivity contribution < 1.29 is 9.18 Å². The predicted octanol–water partition coefficient (Wildman–Crippen LogP) is 4.71. The lowest BCUT2D eigenvalue weighted by Gasteiger charge is -2.40. The first-order valence-electron chi connectivity index (χ1n) is 10.5. The van der Waals surface area contributed by atoms with Gasteiger partial charge in [0.25, 0.3) is 5.91 Å². The van der Waals surface area contributed by atoms with Crippen molar-refractivity contribution >= 4 is 23.2 Å². The molecule has 0 saturated carbocycles. The van der Waals surface area contributed by atoms with E-state index in [0.29, 0.717) is 30.6 Å². The third kappa shape index (κ3) is 4.74. The molecular formula is C23H26FN5OS. The van der Waals surface area contributed by atoms with E-state index in [0.717, 1.165) is 33.9 Å². The van der Waals surface area contributed by atoms with Gasteiger partial charge in [0.15, 0.2) is 0 Å².